The summed E-state index contributed by atoms with van der Waals surface area (Å²) in [7, 11) is 0. The van der Waals surface area contributed by atoms with E-state index in [-0.39, 0.29) is 69.5 Å². The molecule has 292 valence electrons. The lowest BCUT2D eigenvalue weighted by molar-refractivity contribution is -0.144. The van der Waals surface area contributed by atoms with E-state index < -0.39 is 5.97 Å². The standard InChI is InChI=1S/C19H21ClN4O3.C14H19NO2.C5H3Cl2N3O/c20-17-15(11-25)18(23-19(21)22-17)24(14-8-4-5-9-14)10-16(26)27-12-13-6-2-1-3-7-13;16-14(10-15-13-8-4-5-9-13)17-11-12-6-2-1-3-7-12;6-3-2(1-11)4(7)10-5(8)9-3/h1-3,6-7,11,14H,4-5,8-10,12H2,(H2,21,22,23);1-3,6-7,13,15H,4-5,8-11H2;1H,(H2,8,9,10). The summed E-state index contributed by atoms with van der Waals surface area (Å²) in [5, 5.41) is 3.16. The van der Waals surface area contributed by atoms with Gasteiger partial charge in [0.2, 0.25) is 11.9 Å². The third kappa shape index (κ3) is 14.0. The number of nitrogen functional groups attached to an aromatic ring is 2. The van der Waals surface area contributed by atoms with Crippen LogP contribution in [0.3, 0.4) is 0 Å². The van der Waals surface area contributed by atoms with Crippen molar-refractivity contribution >= 4 is 77.0 Å². The van der Waals surface area contributed by atoms with Gasteiger partial charge in [0.1, 0.15) is 41.0 Å². The molecule has 2 aromatic carbocycles. The van der Waals surface area contributed by atoms with Crippen molar-refractivity contribution in [2.24, 2.45) is 0 Å². The van der Waals surface area contributed by atoms with Crippen molar-refractivity contribution in [2.45, 2.75) is 76.7 Å². The Bertz CT molecular complexity index is 1840. The molecule has 55 heavy (non-hydrogen) atoms. The largest absolute Gasteiger partial charge is 0.460 e. The van der Waals surface area contributed by atoms with E-state index in [9.17, 15) is 19.2 Å². The summed E-state index contributed by atoms with van der Waals surface area (Å²) in [4.78, 5) is 62.6. The Kier molecular flexibility index (Phi) is 17.5. The number of nitrogens with one attached hydrogen (secondary N) is 1. The first kappa shape index (κ1) is 42.8. The number of benzene rings is 2. The molecular weight excluding hydrogens is 771 g/mol. The molecule has 6 rings (SSSR count). The molecule has 0 saturated heterocycles. The van der Waals surface area contributed by atoms with Gasteiger partial charge in [-0.05, 0) is 36.8 Å². The molecule has 2 heterocycles. The van der Waals surface area contributed by atoms with Crippen LogP contribution in [0, 0.1) is 0 Å². The number of aromatic nitrogens is 4. The molecule has 2 aliphatic rings. The molecule has 0 unspecified atom stereocenters. The Morgan fingerprint density at radius 3 is 1.65 bits per heavy atom. The molecule has 0 spiro atoms. The predicted octanol–water partition coefficient (Wildman–Crippen LogP) is 6.46. The summed E-state index contributed by atoms with van der Waals surface area (Å²) in [5.41, 5.74) is 13.0. The lowest BCUT2D eigenvalue weighted by Crippen LogP contribution is -2.40. The average molecular weight is 814 g/mol. The molecular formula is C38H43Cl3N8O6. The molecule has 0 amide bonds. The molecule has 2 fully saturated rings. The van der Waals surface area contributed by atoms with Crippen molar-refractivity contribution in [1.82, 2.24) is 25.3 Å². The summed E-state index contributed by atoms with van der Waals surface area (Å²) in [5.74, 6) is -0.380. The number of carbonyl (C=O) groups is 4. The van der Waals surface area contributed by atoms with Gasteiger partial charge >= 0.3 is 11.9 Å². The van der Waals surface area contributed by atoms with Crippen LogP contribution in [0.4, 0.5) is 17.7 Å². The van der Waals surface area contributed by atoms with E-state index in [0.717, 1.165) is 36.8 Å². The Balaban J connectivity index is 0.000000204. The summed E-state index contributed by atoms with van der Waals surface area (Å²) in [6.07, 6.45) is 9.87. The van der Waals surface area contributed by atoms with Crippen molar-refractivity contribution in [3.8, 4) is 0 Å². The molecule has 5 N–H and O–H groups in total. The van der Waals surface area contributed by atoms with Crippen molar-refractivity contribution in [3.63, 3.8) is 0 Å². The molecule has 0 aliphatic heterocycles. The van der Waals surface area contributed by atoms with E-state index in [4.69, 9.17) is 55.7 Å². The number of nitrogens with zero attached hydrogens (tertiary/aromatic N) is 5. The summed E-state index contributed by atoms with van der Waals surface area (Å²) in [6.45, 7) is 0.847. The second kappa shape index (κ2) is 22.5. The highest BCUT2D eigenvalue weighted by Gasteiger charge is 2.29. The zero-order chi connectivity index (χ0) is 39.6. The Labute approximate surface area is 334 Å². The molecule has 14 nitrogen and oxygen atoms in total. The van der Waals surface area contributed by atoms with Crippen LogP contribution >= 0.6 is 34.8 Å². The average Bonchev–Trinajstić information content (AvgIpc) is 3.91. The highest BCUT2D eigenvalue weighted by molar-refractivity contribution is 6.37. The van der Waals surface area contributed by atoms with Gasteiger partial charge in [0, 0.05) is 12.1 Å². The van der Waals surface area contributed by atoms with E-state index in [2.05, 4.69) is 25.3 Å². The normalized spacial score (nSPS) is 13.8. The number of esters is 2. The lowest BCUT2D eigenvalue weighted by Gasteiger charge is -2.30. The zero-order valence-corrected chi connectivity index (χ0v) is 32.3. The highest BCUT2D eigenvalue weighted by atomic mass is 35.5. The van der Waals surface area contributed by atoms with Gasteiger partial charge < -0.3 is 31.2 Å². The number of anilines is 3. The number of aldehydes is 2. The van der Waals surface area contributed by atoms with Gasteiger partial charge in [0.25, 0.3) is 0 Å². The number of hydrogen-bond donors (Lipinski definition) is 3. The van der Waals surface area contributed by atoms with Crippen LogP contribution in [0.5, 0.6) is 0 Å². The predicted molar refractivity (Wildman–Crippen MR) is 211 cm³/mol. The molecule has 2 aromatic heterocycles. The van der Waals surface area contributed by atoms with Crippen molar-refractivity contribution in [1.29, 1.82) is 0 Å². The molecule has 17 heteroatoms. The van der Waals surface area contributed by atoms with Gasteiger partial charge in [0.05, 0.1) is 17.7 Å². The number of rotatable bonds is 13. The van der Waals surface area contributed by atoms with E-state index >= 15 is 0 Å². The topological polar surface area (TPSA) is 206 Å². The van der Waals surface area contributed by atoms with Gasteiger partial charge in [-0.15, -0.1) is 0 Å². The van der Waals surface area contributed by atoms with Crippen LogP contribution in [-0.2, 0) is 32.3 Å². The Hall–Kier alpha value is -4.89. The highest BCUT2D eigenvalue weighted by Crippen LogP contribution is 2.31. The monoisotopic (exact) mass is 812 g/mol. The number of halogens is 3. The van der Waals surface area contributed by atoms with Gasteiger partial charge in [-0.3, -0.25) is 19.2 Å². The van der Waals surface area contributed by atoms with Gasteiger partial charge in [-0.2, -0.15) is 4.98 Å². The fraction of sp³-hybridized carbons (Fsp3) is 0.368. The third-order valence-electron chi connectivity index (χ3n) is 8.71. The number of nitrogens with two attached hydrogens (primary N) is 2. The van der Waals surface area contributed by atoms with Crippen molar-refractivity contribution in [2.75, 3.05) is 29.5 Å². The van der Waals surface area contributed by atoms with E-state index in [1.807, 2.05) is 60.7 Å². The smallest absolute Gasteiger partial charge is 0.325 e. The van der Waals surface area contributed by atoms with Crippen LogP contribution in [-0.4, -0.2) is 69.6 Å². The van der Waals surface area contributed by atoms with Gasteiger partial charge in [-0.25, -0.2) is 15.0 Å². The molecule has 0 bridgehead atoms. The third-order valence-corrected chi connectivity index (χ3v) is 9.58. The molecule has 0 radical (unpaired) electrons. The second-order valence-electron chi connectivity index (χ2n) is 12.6. The van der Waals surface area contributed by atoms with Crippen LogP contribution in [0.15, 0.2) is 60.7 Å². The Morgan fingerprint density at radius 2 is 1.15 bits per heavy atom. The van der Waals surface area contributed by atoms with E-state index in [1.165, 1.54) is 25.7 Å². The first-order valence-electron chi connectivity index (χ1n) is 17.7. The summed E-state index contributed by atoms with van der Waals surface area (Å²) in [6, 6.07) is 19.8. The quantitative estimate of drug-likeness (QED) is 0.0753. The SMILES string of the molecule is Nc1nc(Cl)c(C=O)c(Cl)n1.Nc1nc(Cl)c(C=O)c(N(CC(=O)OCc2ccccc2)C2CCCC2)n1.O=C(CNC1CCCC1)OCc1ccccc1. The summed E-state index contributed by atoms with van der Waals surface area (Å²) >= 11 is 17.0. The maximum Gasteiger partial charge on any atom is 0.325 e. The first-order chi connectivity index (χ1) is 26.6. The van der Waals surface area contributed by atoms with Crippen LogP contribution < -0.4 is 21.7 Å². The first-order valence-corrected chi connectivity index (χ1v) is 18.8. The Morgan fingerprint density at radius 1 is 0.691 bits per heavy atom. The van der Waals surface area contributed by atoms with Crippen LogP contribution in [0.1, 0.15) is 83.2 Å². The van der Waals surface area contributed by atoms with E-state index in [0.29, 0.717) is 31.8 Å². The van der Waals surface area contributed by atoms with Gasteiger partial charge in [-0.1, -0.05) is 121 Å². The molecule has 0 atom stereocenters. The van der Waals surface area contributed by atoms with Crippen molar-refractivity contribution < 1.29 is 28.7 Å². The minimum atomic E-state index is -0.407. The van der Waals surface area contributed by atoms with Gasteiger partial charge in [0.15, 0.2) is 12.6 Å². The van der Waals surface area contributed by atoms with Crippen LogP contribution in [0.2, 0.25) is 15.5 Å². The van der Waals surface area contributed by atoms with Crippen LogP contribution in [0.25, 0.3) is 0 Å². The zero-order valence-electron chi connectivity index (χ0n) is 30.0. The second-order valence-corrected chi connectivity index (χ2v) is 13.7. The molecule has 4 aromatic rings. The fourth-order valence-electron chi connectivity index (χ4n) is 5.96. The maximum absolute atomic E-state index is 12.5. The minimum Gasteiger partial charge on any atom is -0.460 e. The van der Waals surface area contributed by atoms with Crippen molar-refractivity contribution in [3.05, 3.63) is 98.4 Å². The number of carbonyl (C=O) groups excluding carboxylic acids is 4. The molecule has 2 aliphatic carbocycles. The maximum atomic E-state index is 12.5. The lowest BCUT2D eigenvalue weighted by atomic mass is 10.2. The fourth-order valence-corrected chi connectivity index (χ4v) is 6.66. The van der Waals surface area contributed by atoms with E-state index in [1.54, 1.807) is 4.90 Å². The molecule has 2 saturated carbocycles. The minimum absolute atomic E-state index is 0.0202. The number of ether oxygens (including phenoxy) is 2. The number of hydrogen-bond acceptors (Lipinski definition) is 14. The summed E-state index contributed by atoms with van der Waals surface area (Å²) < 4.78 is 10.6.